The number of unbranched alkanes of at least 4 members (excludes halogenated alkanes) is 4. The van der Waals surface area contributed by atoms with Gasteiger partial charge in [-0.2, -0.15) is 0 Å². The molecule has 0 spiro atoms. The van der Waals surface area contributed by atoms with Gasteiger partial charge in [-0.25, -0.2) is 0 Å². The molecule has 7 heteroatoms. The minimum absolute atomic E-state index is 0.0453. The van der Waals surface area contributed by atoms with Gasteiger partial charge in [0.1, 0.15) is 0 Å². The third-order valence-electron chi connectivity index (χ3n) is 6.33. The molecular formula is C29H62O5Sn2. The summed E-state index contributed by atoms with van der Waals surface area (Å²) in [6, 6.07) is 0. The van der Waals surface area contributed by atoms with E-state index < -0.39 is 40.8 Å². The zero-order chi connectivity index (χ0) is 27.1. The number of rotatable bonds is 27. The molecule has 216 valence electrons. The van der Waals surface area contributed by atoms with Gasteiger partial charge in [-0.05, 0) is 0 Å². The van der Waals surface area contributed by atoms with E-state index in [1.54, 1.807) is 0 Å². The van der Waals surface area contributed by atoms with Crippen LogP contribution in [0, 0.1) is 0 Å². The van der Waals surface area contributed by atoms with E-state index in [-0.39, 0.29) is 17.8 Å². The van der Waals surface area contributed by atoms with E-state index in [0.717, 1.165) is 10.9 Å². The van der Waals surface area contributed by atoms with Crippen molar-refractivity contribution in [3.63, 3.8) is 0 Å². The Morgan fingerprint density at radius 3 is 1.39 bits per heavy atom. The second kappa shape index (κ2) is 25.4. The van der Waals surface area contributed by atoms with Crippen molar-refractivity contribution in [2.75, 3.05) is 26.4 Å². The molecule has 0 heterocycles. The Morgan fingerprint density at radius 2 is 1.00 bits per heavy atom. The summed E-state index contributed by atoms with van der Waals surface area (Å²) in [6.45, 7) is 20.1. The fraction of sp³-hybridized carbons (Fsp3) is 1.00. The molecule has 0 bridgehead atoms. The van der Waals surface area contributed by atoms with E-state index in [9.17, 15) is 0 Å². The second-order valence-electron chi connectivity index (χ2n) is 10.6. The van der Waals surface area contributed by atoms with E-state index in [2.05, 4.69) is 55.4 Å². The van der Waals surface area contributed by atoms with E-state index in [0.29, 0.717) is 26.4 Å². The third kappa shape index (κ3) is 21.2. The standard InChI is InChI=1S/C11H22O.2C5H11O2.2C4H9.2Sn/c1-4-7-9-11(12,6-3)10-8-5-2;2*1-5(2)7-4-3-6;2*1-3-4-2;;/h3-10H2,1-2H3;2*5H,3-4H2,1-2H3;2*1,3-4H2,2H3;;/q3*-1;;;+1;+2. The quantitative estimate of drug-likeness (QED) is 0.0628. The molecule has 0 amide bonds. The predicted octanol–water partition coefficient (Wildman–Crippen LogP) is 8.48. The van der Waals surface area contributed by atoms with Gasteiger partial charge in [0.05, 0.1) is 0 Å². The van der Waals surface area contributed by atoms with Crippen molar-refractivity contribution >= 4 is 40.8 Å². The summed E-state index contributed by atoms with van der Waals surface area (Å²) in [6.07, 6.45) is 14.2. The van der Waals surface area contributed by atoms with Crippen molar-refractivity contribution in [2.24, 2.45) is 0 Å². The maximum atomic E-state index is 7.38. The van der Waals surface area contributed by atoms with Crippen molar-refractivity contribution in [3.05, 3.63) is 0 Å². The van der Waals surface area contributed by atoms with Crippen LogP contribution in [0.2, 0.25) is 13.3 Å². The van der Waals surface area contributed by atoms with Gasteiger partial charge in [0, 0.05) is 0 Å². The first-order valence-corrected chi connectivity index (χ1v) is 24.8. The van der Waals surface area contributed by atoms with Gasteiger partial charge in [-0.3, -0.25) is 0 Å². The Bertz CT molecular complexity index is 433. The summed E-state index contributed by atoms with van der Waals surface area (Å²) in [7, 11) is 0. The normalized spacial score (nSPS) is 12.7. The Morgan fingerprint density at radius 1 is 0.556 bits per heavy atom. The molecule has 0 aliphatic heterocycles. The van der Waals surface area contributed by atoms with Gasteiger partial charge in [0.25, 0.3) is 0 Å². The van der Waals surface area contributed by atoms with Crippen LogP contribution in [-0.2, 0) is 18.7 Å². The summed E-state index contributed by atoms with van der Waals surface area (Å²) in [4.78, 5) is 0. The molecule has 0 N–H and O–H groups in total. The molecule has 0 aliphatic rings. The molecule has 0 aromatic carbocycles. The Kier molecular flexibility index (Phi) is 26.4. The Hall–Kier alpha value is 1.40. The molecule has 0 aromatic rings. The second-order valence-corrected chi connectivity index (χ2v) is 22.4. The van der Waals surface area contributed by atoms with E-state index in [4.69, 9.17) is 18.7 Å². The van der Waals surface area contributed by atoms with E-state index in [1.165, 1.54) is 73.1 Å². The molecule has 0 fully saturated rings. The first-order chi connectivity index (χ1) is 17.3. The van der Waals surface area contributed by atoms with Crippen LogP contribution >= 0.6 is 0 Å². The van der Waals surface area contributed by atoms with Crippen molar-refractivity contribution in [3.8, 4) is 0 Å². The summed E-state index contributed by atoms with van der Waals surface area (Å²) >= 11 is -4.39. The number of hydrogen-bond acceptors (Lipinski definition) is 5. The van der Waals surface area contributed by atoms with Gasteiger partial charge in [-0.1, -0.05) is 0 Å². The topological polar surface area (TPSA) is 46.2 Å². The monoisotopic (exact) mass is 730 g/mol. The van der Waals surface area contributed by atoms with E-state index in [1.807, 2.05) is 0 Å². The maximum absolute atomic E-state index is 7.38. The van der Waals surface area contributed by atoms with Crippen molar-refractivity contribution in [1.29, 1.82) is 0 Å². The molecule has 0 saturated carbocycles. The number of ether oxygens (including phenoxy) is 2. The Balaban J connectivity index is 5.43. The summed E-state index contributed by atoms with van der Waals surface area (Å²) in [5.74, 6) is 0. The van der Waals surface area contributed by atoms with Gasteiger partial charge in [0.2, 0.25) is 0 Å². The van der Waals surface area contributed by atoms with Gasteiger partial charge >= 0.3 is 243 Å². The van der Waals surface area contributed by atoms with Crippen LogP contribution in [0.5, 0.6) is 0 Å². The molecular weight excluding hydrogens is 666 g/mol. The van der Waals surface area contributed by atoms with Gasteiger partial charge in [0.15, 0.2) is 0 Å². The summed E-state index contributed by atoms with van der Waals surface area (Å²) in [5, 5.41) is 0. The minimum atomic E-state index is -2.50. The molecule has 0 aliphatic carbocycles. The Labute approximate surface area is 241 Å². The van der Waals surface area contributed by atoms with Gasteiger partial charge in [-0.15, -0.1) is 0 Å². The molecule has 0 atom stereocenters. The average Bonchev–Trinajstić information content (AvgIpc) is 2.85. The SMILES string of the molecule is CCC[CH2][Sn]([CH2]CCC)[O]C(CCCC)(CCCC)C[CH2][Sn]([O]CCOC(C)C)[O]CCOC(C)C. The molecule has 2 radical (unpaired) electrons. The molecule has 0 unspecified atom stereocenters. The first kappa shape index (κ1) is 37.4. The van der Waals surface area contributed by atoms with Gasteiger partial charge < -0.3 is 0 Å². The van der Waals surface area contributed by atoms with Crippen molar-refractivity contribution in [2.45, 2.75) is 157 Å². The predicted molar refractivity (Wildman–Crippen MR) is 157 cm³/mol. The van der Waals surface area contributed by atoms with Crippen LogP contribution in [0.1, 0.15) is 126 Å². The van der Waals surface area contributed by atoms with E-state index >= 15 is 0 Å². The number of hydrogen-bond donors (Lipinski definition) is 0. The molecule has 5 nitrogen and oxygen atoms in total. The molecule has 36 heavy (non-hydrogen) atoms. The van der Waals surface area contributed by atoms with Crippen LogP contribution < -0.4 is 0 Å². The zero-order valence-electron chi connectivity index (χ0n) is 25.4. The molecule has 0 rings (SSSR count). The van der Waals surface area contributed by atoms with Crippen LogP contribution in [0.4, 0.5) is 0 Å². The molecule has 0 aromatic heterocycles. The third-order valence-corrected chi connectivity index (χ3v) is 18.5. The molecule has 0 saturated heterocycles. The fourth-order valence-electron chi connectivity index (χ4n) is 4.20. The summed E-state index contributed by atoms with van der Waals surface area (Å²) < 4.78 is 35.5. The average molecular weight is 728 g/mol. The fourth-order valence-corrected chi connectivity index (χ4v) is 17.1. The van der Waals surface area contributed by atoms with Crippen molar-refractivity contribution in [1.82, 2.24) is 0 Å². The van der Waals surface area contributed by atoms with Crippen LogP contribution in [0.15, 0.2) is 0 Å². The summed E-state index contributed by atoms with van der Waals surface area (Å²) in [5.41, 5.74) is 0.0453. The zero-order valence-corrected chi connectivity index (χ0v) is 31.1. The van der Waals surface area contributed by atoms with Crippen LogP contribution in [0.3, 0.4) is 0 Å². The van der Waals surface area contributed by atoms with Crippen LogP contribution in [0.25, 0.3) is 0 Å². The first-order valence-electron chi connectivity index (χ1n) is 15.2. The van der Waals surface area contributed by atoms with Crippen molar-refractivity contribution < 1.29 is 18.7 Å². The van der Waals surface area contributed by atoms with Crippen LogP contribution in [-0.4, -0.2) is 85.0 Å².